The number of aromatic amines is 1. The number of hydrogen-bond donors (Lipinski definition) is 1. The fourth-order valence-electron chi connectivity index (χ4n) is 2.97. The van der Waals surface area contributed by atoms with Crippen molar-refractivity contribution in [2.45, 2.75) is 45.6 Å². The van der Waals surface area contributed by atoms with Crippen LogP contribution < -0.4 is 5.56 Å². The number of H-pyrrole nitrogens is 1. The van der Waals surface area contributed by atoms with Crippen LogP contribution in [0, 0.1) is 0 Å². The molecule has 25 heavy (non-hydrogen) atoms. The number of carbonyl (C=O) groups excluding carboxylic acids is 1. The molecule has 1 aliphatic rings. The summed E-state index contributed by atoms with van der Waals surface area (Å²) in [5.74, 6) is -0.486. The first-order chi connectivity index (χ1) is 12.2. The summed E-state index contributed by atoms with van der Waals surface area (Å²) in [5, 5.41) is 12.0. The van der Waals surface area contributed by atoms with Crippen LogP contribution in [0.5, 0.6) is 0 Å². The second kappa shape index (κ2) is 6.40. The van der Waals surface area contributed by atoms with Crippen molar-refractivity contribution in [2.75, 3.05) is 0 Å². The molecule has 0 unspecified atom stereocenters. The van der Waals surface area contributed by atoms with Gasteiger partial charge in [0, 0.05) is 17.3 Å². The van der Waals surface area contributed by atoms with Gasteiger partial charge in [0.15, 0.2) is 5.69 Å². The molecule has 3 aromatic heterocycles. The van der Waals surface area contributed by atoms with Gasteiger partial charge in [0.1, 0.15) is 11.6 Å². The molecule has 0 atom stereocenters. The quantitative estimate of drug-likeness (QED) is 0.711. The first-order valence-corrected chi connectivity index (χ1v) is 9.09. The third-order valence-corrected chi connectivity index (χ3v) is 5.30. The number of aromatic nitrogens is 5. The van der Waals surface area contributed by atoms with Crippen LogP contribution in [0.2, 0.25) is 0 Å². The van der Waals surface area contributed by atoms with Gasteiger partial charge in [-0.05, 0) is 32.1 Å². The Kier molecular flexibility index (Phi) is 4.08. The molecule has 1 N–H and O–H groups in total. The lowest BCUT2D eigenvalue weighted by atomic mass is 9.96. The van der Waals surface area contributed by atoms with Crippen LogP contribution in [0.15, 0.2) is 10.9 Å². The molecule has 130 valence electrons. The third-order valence-electron chi connectivity index (χ3n) is 4.24. The second-order valence-electron chi connectivity index (χ2n) is 5.94. The van der Waals surface area contributed by atoms with Gasteiger partial charge in [-0.15, -0.1) is 0 Å². The molecule has 0 fully saturated rings. The first-order valence-electron chi connectivity index (χ1n) is 8.27. The van der Waals surface area contributed by atoms with Crippen molar-refractivity contribution >= 4 is 22.3 Å². The van der Waals surface area contributed by atoms with E-state index < -0.39 is 5.97 Å². The fraction of sp³-hybridized carbons (Fsp3) is 0.438. The maximum absolute atomic E-state index is 12.3. The number of fused-ring (bicyclic) bond motifs is 2. The lowest BCUT2D eigenvalue weighted by Gasteiger charge is -2.10. The predicted octanol–water partition coefficient (Wildman–Crippen LogP) is 1.67. The van der Waals surface area contributed by atoms with E-state index in [0.717, 1.165) is 48.4 Å². The maximum Gasteiger partial charge on any atom is 0.359 e. The van der Waals surface area contributed by atoms with E-state index in [0.29, 0.717) is 16.3 Å². The van der Waals surface area contributed by atoms with Crippen LogP contribution in [-0.2, 0) is 30.6 Å². The molecule has 0 radical (unpaired) electrons. The van der Waals surface area contributed by atoms with Gasteiger partial charge in [0.2, 0.25) is 4.96 Å². The summed E-state index contributed by atoms with van der Waals surface area (Å²) in [6, 6.07) is 1.35. The minimum absolute atomic E-state index is 0.0639. The Balaban J connectivity index is 1.53. The summed E-state index contributed by atoms with van der Waals surface area (Å²) < 4.78 is 6.60. The maximum atomic E-state index is 12.3. The van der Waals surface area contributed by atoms with Crippen LogP contribution in [0.1, 0.15) is 52.2 Å². The van der Waals surface area contributed by atoms with Crippen molar-refractivity contribution < 1.29 is 9.53 Å². The molecule has 0 saturated heterocycles. The molecule has 4 rings (SSSR count). The molecule has 1 aliphatic carbocycles. The van der Waals surface area contributed by atoms with E-state index in [1.165, 1.54) is 21.9 Å². The Morgan fingerprint density at radius 1 is 1.40 bits per heavy atom. The summed E-state index contributed by atoms with van der Waals surface area (Å²) in [7, 11) is 0. The van der Waals surface area contributed by atoms with Crippen LogP contribution in [0.25, 0.3) is 4.96 Å². The summed E-state index contributed by atoms with van der Waals surface area (Å²) in [6.07, 6.45) is 4.64. The number of esters is 1. The molecule has 0 aliphatic heterocycles. The van der Waals surface area contributed by atoms with E-state index in [1.54, 1.807) is 0 Å². The molecule has 0 amide bonds. The smallest absolute Gasteiger partial charge is 0.359 e. The van der Waals surface area contributed by atoms with Gasteiger partial charge >= 0.3 is 5.97 Å². The van der Waals surface area contributed by atoms with E-state index in [2.05, 4.69) is 20.3 Å². The van der Waals surface area contributed by atoms with Gasteiger partial charge in [0.05, 0.1) is 5.69 Å². The average Bonchev–Trinajstić information content (AvgIpc) is 3.23. The molecular weight excluding hydrogens is 342 g/mol. The SMILES string of the molecule is CCc1nn2c(=O)cc(COC(=O)c3n[nH]c4c3CCCC4)nc2s1. The highest BCUT2D eigenvalue weighted by Crippen LogP contribution is 2.22. The molecule has 8 nitrogen and oxygen atoms in total. The van der Waals surface area contributed by atoms with Gasteiger partial charge in [-0.25, -0.2) is 9.78 Å². The van der Waals surface area contributed by atoms with Crippen molar-refractivity contribution in [3.63, 3.8) is 0 Å². The molecule has 0 spiro atoms. The van der Waals surface area contributed by atoms with Crippen LogP contribution in [0.3, 0.4) is 0 Å². The van der Waals surface area contributed by atoms with Crippen LogP contribution in [0.4, 0.5) is 0 Å². The molecule has 3 aromatic rings. The second-order valence-corrected chi connectivity index (χ2v) is 6.98. The van der Waals surface area contributed by atoms with E-state index in [9.17, 15) is 9.59 Å². The lowest BCUT2D eigenvalue weighted by molar-refractivity contribution is 0.0459. The molecule has 0 aromatic carbocycles. The number of aryl methyl sites for hydroxylation is 2. The fourth-order valence-corrected chi connectivity index (χ4v) is 3.83. The average molecular weight is 359 g/mol. The van der Waals surface area contributed by atoms with E-state index >= 15 is 0 Å². The number of nitrogens with zero attached hydrogens (tertiary/aromatic N) is 4. The van der Waals surface area contributed by atoms with Gasteiger partial charge in [-0.2, -0.15) is 14.7 Å². The first kappa shape index (κ1) is 15.9. The molecule has 0 saturated carbocycles. The predicted molar refractivity (Wildman–Crippen MR) is 90.9 cm³/mol. The highest BCUT2D eigenvalue weighted by molar-refractivity contribution is 7.16. The zero-order chi connectivity index (χ0) is 17.4. The highest BCUT2D eigenvalue weighted by Gasteiger charge is 2.23. The summed E-state index contributed by atoms with van der Waals surface area (Å²) in [5.41, 5.74) is 2.46. The molecular formula is C16H17N5O3S. The van der Waals surface area contributed by atoms with E-state index in [1.807, 2.05) is 6.92 Å². The number of nitrogens with one attached hydrogen (secondary N) is 1. The van der Waals surface area contributed by atoms with Gasteiger partial charge in [0.25, 0.3) is 5.56 Å². The van der Waals surface area contributed by atoms with Gasteiger partial charge in [-0.3, -0.25) is 9.89 Å². The Morgan fingerprint density at radius 2 is 2.24 bits per heavy atom. The van der Waals surface area contributed by atoms with Crippen LogP contribution in [-0.4, -0.2) is 30.8 Å². The van der Waals surface area contributed by atoms with Crippen LogP contribution >= 0.6 is 11.3 Å². The largest absolute Gasteiger partial charge is 0.454 e. The Labute approximate surface area is 146 Å². The standard InChI is InChI=1S/C16H17N5O3S/c1-2-12-20-21-13(22)7-9(17-16(21)25-12)8-24-15(23)14-10-5-3-4-6-11(10)18-19-14/h7H,2-6,8H2,1H3,(H,18,19). The van der Waals surface area contributed by atoms with Crippen molar-refractivity contribution in [3.05, 3.63) is 44.1 Å². The zero-order valence-electron chi connectivity index (χ0n) is 13.7. The topological polar surface area (TPSA) is 102 Å². The molecule has 9 heteroatoms. The number of ether oxygens (including phenoxy) is 1. The highest BCUT2D eigenvalue weighted by atomic mass is 32.1. The minimum atomic E-state index is -0.486. The summed E-state index contributed by atoms with van der Waals surface area (Å²) in [4.78, 5) is 29.3. The Bertz CT molecular complexity index is 1000. The normalized spacial score (nSPS) is 13.8. The van der Waals surface area contributed by atoms with Crippen molar-refractivity contribution in [1.82, 2.24) is 24.8 Å². The lowest BCUT2D eigenvalue weighted by Crippen LogP contribution is -2.17. The third kappa shape index (κ3) is 2.95. The molecule has 3 heterocycles. The van der Waals surface area contributed by atoms with Crippen molar-refractivity contribution in [3.8, 4) is 0 Å². The Morgan fingerprint density at radius 3 is 3.08 bits per heavy atom. The Hall–Kier alpha value is -2.55. The number of rotatable bonds is 4. The molecule has 0 bridgehead atoms. The zero-order valence-corrected chi connectivity index (χ0v) is 14.6. The van der Waals surface area contributed by atoms with Crippen molar-refractivity contribution in [2.24, 2.45) is 0 Å². The monoisotopic (exact) mass is 359 g/mol. The van der Waals surface area contributed by atoms with Gasteiger partial charge in [-0.1, -0.05) is 18.3 Å². The number of hydrogen-bond acceptors (Lipinski definition) is 7. The summed E-state index contributed by atoms with van der Waals surface area (Å²) >= 11 is 1.36. The van der Waals surface area contributed by atoms with E-state index in [-0.39, 0.29) is 12.2 Å². The van der Waals surface area contributed by atoms with Gasteiger partial charge < -0.3 is 4.74 Å². The van der Waals surface area contributed by atoms with Crippen molar-refractivity contribution in [1.29, 1.82) is 0 Å². The van der Waals surface area contributed by atoms with E-state index in [4.69, 9.17) is 4.74 Å². The minimum Gasteiger partial charge on any atom is -0.454 e. The summed E-state index contributed by atoms with van der Waals surface area (Å²) in [6.45, 7) is 1.90. The number of carbonyl (C=O) groups is 1.